The number of rotatable bonds is 54. The lowest BCUT2D eigenvalue weighted by molar-refractivity contribution is -0.132. The van der Waals surface area contributed by atoms with Gasteiger partial charge in [-0.15, -0.1) is 0 Å². The monoisotopic (exact) mass is 942 g/mol. The lowest BCUT2D eigenvalue weighted by Gasteiger charge is -2.27. The topological polar surface area (TPSA) is 110 Å². The van der Waals surface area contributed by atoms with Crippen LogP contribution in [0.2, 0.25) is 0 Å². The van der Waals surface area contributed by atoms with Crippen molar-refractivity contribution in [3.63, 3.8) is 0 Å². The SMILES string of the molecule is CCCCCCCCCC/C=C/CC/C=C/CC/C=C/CCCC(O)C(O)C(CO)NC(=O)C(O)CCCCCCCCCCCCCCCC/C=C\CCCCCCCCCCCCCC. The summed E-state index contributed by atoms with van der Waals surface area (Å²) in [5, 5.41) is 44.0. The van der Waals surface area contributed by atoms with Crippen molar-refractivity contribution < 1.29 is 25.2 Å². The first-order valence-electron chi connectivity index (χ1n) is 29.5. The van der Waals surface area contributed by atoms with Crippen LogP contribution in [-0.2, 0) is 4.79 Å². The van der Waals surface area contributed by atoms with E-state index in [2.05, 4.69) is 67.8 Å². The highest BCUT2D eigenvalue weighted by atomic mass is 16.3. The van der Waals surface area contributed by atoms with E-state index < -0.39 is 36.9 Å². The summed E-state index contributed by atoms with van der Waals surface area (Å²) < 4.78 is 0. The van der Waals surface area contributed by atoms with Gasteiger partial charge in [0.05, 0.1) is 18.8 Å². The Morgan fingerprint density at radius 3 is 0.940 bits per heavy atom. The Labute approximate surface area is 417 Å². The molecule has 0 aromatic rings. The third-order valence-electron chi connectivity index (χ3n) is 13.7. The van der Waals surface area contributed by atoms with E-state index in [1.807, 2.05) is 0 Å². The Hall–Kier alpha value is -1.73. The van der Waals surface area contributed by atoms with E-state index in [4.69, 9.17) is 0 Å². The van der Waals surface area contributed by atoms with Crippen LogP contribution in [0.15, 0.2) is 48.6 Å². The van der Waals surface area contributed by atoms with E-state index in [1.54, 1.807) is 0 Å². The second-order valence-electron chi connectivity index (χ2n) is 20.3. The summed E-state index contributed by atoms with van der Waals surface area (Å²) in [6, 6.07) is -1.01. The maximum absolute atomic E-state index is 12.6. The van der Waals surface area contributed by atoms with Gasteiger partial charge >= 0.3 is 0 Å². The molecule has 0 bridgehead atoms. The molecule has 0 saturated carbocycles. The van der Waals surface area contributed by atoms with E-state index in [1.165, 1.54) is 218 Å². The van der Waals surface area contributed by atoms with Gasteiger partial charge in [-0.05, 0) is 89.9 Å². The second-order valence-corrected chi connectivity index (χ2v) is 20.3. The van der Waals surface area contributed by atoms with Crippen LogP contribution in [-0.4, -0.2) is 57.3 Å². The molecule has 4 unspecified atom stereocenters. The number of hydrogen-bond acceptors (Lipinski definition) is 5. The zero-order chi connectivity index (χ0) is 48.8. The van der Waals surface area contributed by atoms with E-state index >= 15 is 0 Å². The third-order valence-corrected chi connectivity index (χ3v) is 13.7. The zero-order valence-corrected chi connectivity index (χ0v) is 44.7. The number of hydrogen-bond donors (Lipinski definition) is 5. The van der Waals surface area contributed by atoms with Crippen molar-refractivity contribution in [2.24, 2.45) is 0 Å². The summed E-state index contributed by atoms with van der Waals surface area (Å²) in [6.45, 7) is 4.06. The third kappa shape index (κ3) is 49.1. The van der Waals surface area contributed by atoms with Gasteiger partial charge in [0.2, 0.25) is 5.91 Å². The molecular weight excluding hydrogens is 827 g/mol. The van der Waals surface area contributed by atoms with Crippen molar-refractivity contribution in [3.05, 3.63) is 48.6 Å². The van der Waals surface area contributed by atoms with Crippen LogP contribution in [0.5, 0.6) is 0 Å². The number of carbonyl (C=O) groups excluding carboxylic acids is 1. The van der Waals surface area contributed by atoms with E-state index in [9.17, 15) is 25.2 Å². The first kappa shape index (κ1) is 65.3. The second kappa shape index (κ2) is 55.2. The molecule has 0 aromatic heterocycles. The lowest BCUT2D eigenvalue weighted by atomic mass is 10.00. The summed E-state index contributed by atoms with van der Waals surface area (Å²) >= 11 is 0. The Morgan fingerprint density at radius 2 is 0.627 bits per heavy atom. The highest BCUT2D eigenvalue weighted by Gasteiger charge is 2.28. The average molecular weight is 943 g/mol. The quantitative estimate of drug-likeness (QED) is 0.0308. The van der Waals surface area contributed by atoms with Crippen molar-refractivity contribution in [3.8, 4) is 0 Å². The largest absolute Gasteiger partial charge is 0.394 e. The summed E-state index contributed by atoms with van der Waals surface area (Å²) in [5.74, 6) is -0.597. The fourth-order valence-electron chi connectivity index (χ4n) is 9.08. The van der Waals surface area contributed by atoms with Gasteiger partial charge in [-0.25, -0.2) is 0 Å². The van der Waals surface area contributed by atoms with Crippen molar-refractivity contribution >= 4 is 5.91 Å². The summed E-state index contributed by atoms with van der Waals surface area (Å²) in [7, 11) is 0. The number of aliphatic hydroxyl groups excluding tert-OH is 4. The summed E-state index contributed by atoms with van der Waals surface area (Å²) in [6.07, 6.45) is 70.5. The molecule has 0 aliphatic carbocycles. The fraction of sp³-hybridized carbons (Fsp3) is 0.852. The Morgan fingerprint density at radius 1 is 0.358 bits per heavy atom. The van der Waals surface area contributed by atoms with Crippen molar-refractivity contribution in [2.45, 2.75) is 327 Å². The smallest absolute Gasteiger partial charge is 0.249 e. The van der Waals surface area contributed by atoms with Crippen LogP contribution in [0.3, 0.4) is 0 Å². The van der Waals surface area contributed by atoms with Gasteiger partial charge in [-0.2, -0.15) is 0 Å². The molecule has 0 aromatic carbocycles. The predicted octanol–water partition coefficient (Wildman–Crippen LogP) is 17.4. The number of nitrogens with one attached hydrogen (secondary N) is 1. The average Bonchev–Trinajstić information content (AvgIpc) is 3.33. The minimum atomic E-state index is -1.30. The van der Waals surface area contributed by atoms with Crippen LogP contribution in [0, 0.1) is 0 Å². The van der Waals surface area contributed by atoms with E-state index in [-0.39, 0.29) is 0 Å². The van der Waals surface area contributed by atoms with Crippen LogP contribution < -0.4 is 5.32 Å². The molecule has 67 heavy (non-hydrogen) atoms. The molecular formula is C61H115NO5. The standard InChI is InChI=1S/C61H115NO5/c1-3-5-7-9-11-13-15-17-19-21-23-25-26-27-28-29-30-31-32-33-35-37-39-41-43-45-47-49-51-53-55-59(65)61(67)62-57(56-63)60(66)58(64)54-52-50-48-46-44-42-40-38-36-34-24-22-20-18-16-14-12-10-8-6-4-2/h22,24,27-28,38,40,46,48,57-60,63-66H,3-21,23,25-26,29-37,39,41-45,47,49-56H2,1-2H3,(H,62,67)/b24-22+,28-27-,40-38+,48-46+. The molecule has 0 heterocycles. The number of aliphatic hydroxyl groups is 4. The minimum Gasteiger partial charge on any atom is -0.394 e. The first-order valence-corrected chi connectivity index (χ1v) is 29.5. The maximum Gasteiger partial charge on any atom is 0.249 e. The van der Waals surface area contributed by atoms with Crippen LogP contribution >= 0.6 is 0 Å². The van der Waals surface area contributed by atoms with Gasteiger partial charge in [-0.3, -0.25) is 4.79 Å². The van der Waals surface area contributed by atoms with E-state index in [0.29, 0.717) is 19.3 Å². The molecule has 0 aliphatic rings. The van der Waals surface area contributed by atoms with Gasteiger partial charge in [-0.1, -0.05) is 262 Å². The molecule has 4 atom stereocenters. The number of amides is 1. The van der Waals surface area contributed by atoms with Gasteiger partial charge in [0.25, 0.3) is 0 Å². The van der Waals surface area contributed by atoms with Gasteiger partial charge < -0.3 is 25.7 Å². The molecule has 6 heteroatoms. The molecule has 0 fully saturated rings. The van der Waals surface area contributed by atoms with Crippen LogP contribution in [0.1, 0.15) is 303 Å². The number of unbranched alkanes of at least 4 members (excludes halogenated alkanes) is 37. The number of carbonyl (C=O) groups is 1. The number of allylic oxidation sites excluding steroid dienone is 8. The molecule has 0 aliphatic heterocycles. The summed E-state index contributed by atoms with van der Waals surface area (Å²) in [4.78, 5) is 12.6. The van der Waals surface area contributed by atoms with Gasteiger partial charge in [0, 0.05) is 0 Å². The Kier molecular flexibility index (Phi) is 53.8. The normalized spacial score (nSPS) is 14.1. The van der Waals surface area contributed by atoms with Crippen molar-refractivity contribution in [2.75, 3.05) is 6.61 Å². The highest BCUT2D eigenvalue weighted by Crippen LogP contribution is 2.17. The molecule has 0 rings (SSSR count). The van der Waals surface area contributed by atoms with Crippen LogP contribution in [0.4, 0.5) is 0 Å². The molecule has 0 saturated heterocycles. The van der Waals surface area contributed by atoms with Gasteiger partial charge in [0.1, 0.15) is 12.2 Å². The predicted molar refractivity (Wildman–Crippen MR) is 293 cm³/mol. The van der Waals surface area contributed by atoms with Crippen molar-refractivity contribution in [1.29, 1.82) is 0 Å². The first-order chi connectivity index (χ1) is 33.0. The molecule has 5 N–H and O–H groups in total. The molecule has 0 spiro atoms. The Balaban J connectivity index is 3.66. The Bertz CT molecular complexity index is 1100. The van der Waals surface area contributed by atoms with Crippen molar-refractivity contribution in [1.82, 2.24) is 5.32 Å². The fourth-order valence-corrected chi connectivity index (χ4v) is 9.08. The minimum absolute atomic E-state index is 0.359. The maximum atomic E-state index is 12.6. The molecule has 6 nitrogen and oxygen atoms in total. The lowest BCUT2D eigenvalue weighted by Crippen LogP contribution is -2.53. The molecule has 394 valence electrons. The zero-order valence-electron chi connectivity index (χ0n) is 44.7. The summed E-state index contributed by atoms with van der Waals surface area (Å²) in [5.41, 5.74) is 0. The molecule has 0 radical (unpaired) electrons. The molecule has 1 amide bonds. The van der Waals surface area contributed by atoms with Crippen LogP contribution in [0.25, 0.3) is 0 Å². The van der Waals surface area contributed by atoms with Gasteiger partial charge in [0.15, 0.2) is 0 Å². The highest BCUT2D eigenvalue weighted by molar-refractivity contribution is 5.80. The van der Waals surface area contributed by atoms with E-state index in [0.717, 1.165) is 51.4 Å².